The van der Waals surface area contributed by atoms with Gasteiger partial charge < -0.3 is 10.2 Å². The van der Waals surface area contributed by atoms with Crippen LogP contribution in [0.4, 0.5) is 0 Å². The van der Waals surface area contributed by atoms with Crippen molar-refractivity contribution < 1.29 is 10.2 Å². The lowest BCUT2D eigenvalue weighted by Gasteiger charge is -2.21. The molecule has 0 spiro atoms. The second-order valence-corrected chi connectivity index (χ2v) is 4.73. The van der Waals surface area contributed by atoms with Crippen LogP contribution in [0, 0.1) is 13.8 Å². The Morgan fingerprint density at radius 3 is 2.31 bits per heavy atom. The van der Waals surface area contributed by atoms with Crippen molar-refractivity contribution in [2.75, 3.05) is 0 Å². The molecule has 0 fully saturated rings. The van der Waals surface area contributed by atoms with E-state index in [1.165, 1.54) is 16.7 Å². The van der Waals surface area contributed by atoms with Gasteiger partial charge in [-0.3, -0.25) is 0 Å². The number of rotatable bonds is 4. The van der Waals surface area contributed by atoms with Gasteiger partial charge in [-0.2, -0.15) is 0 Å². The van der Waals surface area contributed by atoms with Gasteiger partial charge in [0.05, 0.1) is 12.2 Å². The standard InChI is InChI=1S/C14H22O2/c1-9-6-5-7-13(11(9)3)10(2)8-14(16)12(4)15/h5-7,10,12,14-16H,8H2,1-4H3. The molecule has 1 aromatic carbocycles. The Bertz CT molecular complexity index is 345. The highest BCUT2D eigenvalue weighted by molar-refractivity contribution is 5.35. The second-order valence-electron chi connectivity index (χ2n) is 4.73. The fourth-order valence-corrected chi connectivity index (χ4v) is 1.99. The summed E-state index contributed by atoms with van der Waals surface area (Å²) in [6.07, 6.45) is -0.704. The Labute approximate surface area is 97.9 Å². The summed E-state index contributed by atoms with van der Waals surface area (Å²) in [5, 5.41) is 19.0. The van der Waals surface area contributed by atoms with Gasteiger partial charge in [-0.25, -0.2) is 0 Å². The quantitative estimate of drug-likeness (QED) is 0.822. The first-order chi connectivity index (χ1) is 7.43. The molecule has 0 heterocycles. The van der Waals surface area contributed by atoms with E-state index in [-0.39, 0.29) is 5.92 Å². The van der Waals surface area contributed by atoms with E-state index in [1.807, 2.05) is 6.07 Å². The van der Waals surface area contributed by atoms with Crippen molar-refractivity contribution >= 4 is 0 Å². The monoisotopic (exact) mass is 222 g/mol. The molecule has 2 heteroatoms. The van der Waals surface area contributed by atoms with Crippen molar-refractivity contribution in [3.8, 4) is 0 Å². The highest BCUT2D eigenvalue weighted by atomic mass is 16.3. The fraction of sp³-hybridized carbons (Fsp3) is 0.571. The lowest BCUT2D eigenvalue weighted by Crippen LogP contribution is -2.24. The molecule has 1 aromatic rings. The molecule has 0 aliphatic carbocycles. The van der Waals surface area contributed by atoms with Crippen LogP contribution in [-0.2, 0) is 0 Å². The maximum absolute atomic E-state index is 9.67. The number of aryl methyl sites for hydroxylation is 1. The molecule has 0 saturated heterocycles. The summed E-state index contributed by atoms with van der Waals surface area (Å²) in [5.74, 6) is 0.268. The van der Waals surface area contributed by atoms with Gasteiger partial charge in [0.25, 0.3) is 0 Å². The molecule has 0 aliphatic rings. The Hall–Kier alpha value is -0.860. The molecule has 0 bridgehead atoms. The third-order valence-corrected chi connectivity index (χ3v) is 3.33. The zero-order valence-electron chi connectivity index (χ0n) is 10.6. The number of hydrogen-bond acceptors (Lipinski definition) is 2. The SMILES string of the molecule is Cc1cccc(C(C)CC(O)C(C)O)c1C. The molecule has 0 radical (unpaired) electrons. The third kappa shape index (κ3) is 3.06. The maximum atomic E-state index is 9.67. The average Bonchev–Trinajstić information content (AvgIpc) is 2.21. The van der Waals surface area contributed by atoms with Crippen LogP contribution in [0.2, 0.25) is 0 Å². The van der Waals surface area contributed by atoms with Gasteiger partial charge in [0, 0.05) is 0 Å². The Morgan fingerprint density at radius 2 is 1.75 bits per heavy atom. The first kappa shape index (κ1) is 13.2. The van der Waals surface area contributed by atoms with Crippen LogP contribution >= 0.6 is 0 Å². The lowest BCUT2D eigenvalue weighted by atomic mass is 9.89. The largest absolute Gasteiger partial charge is 0.391 e. The van der Waals surface area contributed by atoms with E-state index in [9.17, 15) is 10.2 Å². The Kier molecular flexibility index (Phi) is 4.51. The molecule has 0 aromatic heterocycles. The van der Waals surface area contributed by atoms with Crippen molar-refractivity contribution in [1.29, 1.82) is 0 Å². The smallest absolute Gasteiger partial charge is 0.0802 e. The summed E-state index contributed by atoms with van der Waals surface area (Å²) >= 11 is 0. The Balaban J connectivity index is 2.80. The number of aliphatic hydroxyl groups excluding tert-OH is 2. The highest BCUT2D eigenvalue weighted by Crippen LogP contribution is 2.26. The summed E-state index contributed by atoms with van der Waals surface area (Å²) in [5.41, 5.74) is 3.82. The van der Waals surface area contributed by atoms with E-state index in [1.54, 1.807) is 6.92 Å². The Morgan fingerprint density at radius 1 is 1.12 bits per heavy atom. The molecule has 2 nitrogen and oxygen atoms in total. The molecule has 0 amide bonds. The maximum Gasteiger partial charge on any atom is 0.0802 e. The first-order valence-electron chi connectivity index (χ1n) is 5.85. The van der Waals surface area contributed by atoms with E-state index >= 15 is 0 Å². The van der Waals surface area contributed by atoms with Gasteiger partial charge in [-0.05, 0) is 49.8 Å². The minimum Gasteiger partial charge on any atom is -0.391 e. The molecule has 0 saturated carbocycles. The second kappa shape index (κ2) is 5.46. The van der Waals surface area contributed by atoms with Gasteiger partial charge in [0.2, 0.25) is 0 Å². The summed E-state index contributed by atoms with van der Waals surface area (Å²) in [6, 6.07) is 6.24. The van der Waals surface area contributed by atoms with E-state index in [0.717, 1.165) is 0 Å². The van der Waals surface area contributed by atoms with Crippen molar-refractivity contribution in [1.82, 2.24) is 0 Å². The van der Waals surface area contributed by atoms with Crippen LogP contribution in [-0.4, -0.2) is 22.4 Å². The summed E-state index contributed by atoms with van der Waals surface area (Å²) in [6.45, 7) is 7.92. The van der Waals surface area contributed by atoms with Gasteiger partial charge >= 0.3 is 0 Å². The van der Waals surface area contributed by atoms with Gasteiger partial charge in [0.15, 0.2) is 0 Å². The van der Waals surface area contributed by atoms with Crippen molar-refractivity contribution in [3.05, 3.63) is 34.9 Å². The van der Waals surface area contributed by atoms with E-state index in [2.05, 4.69) is 32.9 Å². The fourth-order valence-electron chi connectivity index (χ4n) is 1.99. The molecule has 90 valence electrons. The topological polar surface area (TPSA) is 40.5 Å². The molecule has 3 atom stereocenters. The van der Waals surface area contributed by atoms with Crippen molar-refractivity contribution in [2.24, 2.45) is 0 Å². The zero-order valence-corrected chi connectivity index (χ0v) is 10.6. The van der Waals surface area contributed by atoms with Crippen LogP contribution in [0.5, 0.6) is 0 Å². The normalized spacial score (nSPS) is 16.9. The van der Waals surface area contributed by atoms with Gasteiger partial charge in [-0.1, -0.05) is 25.1 Å². The van der Waals surface area contributed by atoms with Crippen molar-refractivity contribution in [2.45, 2.75) is 52.2 Å². The predicted octanol–water partition coefficient (Wildman–Crippen LogP) is 2.54. The number of aliphatic hydroxyl groups is 2. The van der Waals surface area contributed by atoms with E-state index in [4.69, 9.17) is 0 Å². The summed E-state index contributed by atoms with van der Waals surface area (Å²) in [7, 11) is 0. The minimum absolute atomic E-state index is 0.268. The average molecular weight is 222 g/mol. The lowest BCUT2D eigenvalue weighted by molar-refractivity contribution is 0.0227. The van der Waals surface area contributed by atoms with Gasteiger partial charge in [-0.15, -0.1) is 0 Å². The molecule has 3 unspecified atom stereocenters. The molecular weight excluding hydrogens is 200 g/mol. The van der Waals surface area contributed by atoms with E-state index in [0.29, 0.717) is 6.42 Å². The number of benzene rings is 1. The highest BCUT2D eigenvalue weighted by Gasteiger charge is 2.17. The zero-order chi connectivity index (χ0) is 12.3. The van der Waals surface area contributed by atoms with Crippen LogP contribution < -0.4 is 0 Å². The third-order valence-electron chi connectivity index (χ3n) is 3.33. The van der Waals surface area contributed by atoms with Crippen LogP contribution in [0.1, 0.15) is 42.9 Å². The molecule has 1 rings (SSSR count). The summed E-state index contributed by atoms with van der Waals surface area (Å²) < 4.78 is 0. The molecule has 0 aliphatic heterocycles. The molecule has 2 N–H and O–H groups in total. The number of hydrogen-bond donors (Lipinski definition) is 2. The molecule has 16 heavy (non-hydrogen) atoms. The van der Waals surface area contributed by atoms with E-state index < -0.39 is 12.2 Å². The van der Waals surface area contributed by atoms with Crippen LogP contribution in [0.25, 0.3) is 0 Å². The van der Waals surface area contributed by atoms with Crippen LogP contribution in [0.15, 0.2) is 18.2 Å². The van der Waals surface area contributed by atoms with Crippen molar-refractivity contribution in [3.63, 3.8) is 0 Å². The predicted molar refractivity (Wildman–Crippen MR) is 66.6 cm³/mol. The minimum atomic E-state index is -0.660. The van der Waals surface area contributed by atoms with Gasteiger partial charge in [0.1, 0.15) is 0 Å². The summed E-state index contributed by atoms with van der Waals surface area (Å²) in [4.78, 5) is 0. The first-order valence-corrected chi connectivity index (χ1v) is 5.85. The van der Waals surface area contributed by atoms with Crippen LogP contribution in [0.3, 0.4) is 0 Å². The molecular formula is C14H22O2.